The van der Waals surface area contributed by atoms with E-state index in [4.69, 9.17) is 38.0 Å². The normalized spacial score (nSPS) is 15.0. The average Bonchev–Trinajstić information content (AvgIpc) is 3.00. The van der Waals surface area contributed by atoms with E-state index in [1.165, 1.54) is 23.8 Å². The van der Waals surface area contributed by atoms with Gasteiger partial charge >= 0.3 is 5.97 Å². The molecular formula is C22H20ClNO5S2. The number of hydrogen-bond acceptors (Lipinski definition) is 7. The van der Waals surface area contributed by atoms with E-state index in [0.29, 0.717) is 31.4 Å². The summed E-state index contributed by atoms with van der Waals surface area (Å²) in [6.07, 6.45) is 1.51. The van der Waals surface area contributed by atoms with E-state index in [0.717, 1.165) is 5.56 Å². The number of methoxy groups -OCH3 is 1. The molecule has 1 amide bonds. The summed E-state index contributed by atoms with van der Waals surface area (Å²) < 4.78 is 16.4. The van der Waals surface area contributed by atoms with Gasteiger partial charge in [-0.05, 0) is 61.9 Å². The highest BCUT2D eigenvalue weighted by molar-refractivity contribution is 8.27. The minimum atomic E-state index is -0.466. The number of amides is 1. The molecule has 1 aliphatic heterocycles. The van der Waals surface area contributed by atoms with E-state index in [1.54, 1.807) is 62.4 Å². The predicted octanol–water partition coefficient (Wildman–Crippen LogP) is 5.08. The first-order chi connectivity index (χ1) is 14.8. The second-order valence-electron chi connectivity index (χ2n) is 6.73. The van der Waals surface area contributed by atoms with Crippen LogP contribution in [0.15, 0.2) is 47.4 Å². The van der Waals surface area contributed by atoms with Crippen LogP contribution in [0.2, 0.25) is 5.02 Å². The zero-order valence-corrected chi connectivity index (χ0v) is 19.5. The summed E-state index contributed by atoms with van der Waals surface area (Å²) in [6.45, 7) is 3.30. The Balaban J connectivity index is 1.77. The molecule has 0 unspecified atom stereocenters. The third-order valence-corrected chi connectivity index (χ3v) is 5.63. The van der Waals surface area contributed by atoms with Crippen LogP contribution in [0.5, 0.6) is 11.5 Å². The van der Waals surface area contributed by atoms with Crippen molar-refractivity contribution in [1.82, 2.24) is 0 Å². The number of thioether (sulfide) groups is 1. The van der Waals surface area contributed by atoms with Crippen LogP contribution in [-0.4, -0.2) is 36.0 Å². The fourth-order valence-corrected chi connectivity index (χ4v) is 4.18. The summed E-state index contributed by atoms with van der Waals surface area (Å²) in [7, 11) is 1.50. The number of hydrogen-bond donors (Lipinski definition) is 0. The van der Waals surface area contributed by atoms with Crippen LogP contribution in [-0.2, 0) is 14.3 Å². The Morgan fingerprint density at radius 3 is 2.55 bits per heavy atom. The van der Waals surface area contributed by atoms with E-state index in [1.807, 2.05) is 0 Å². The van der Waals surface area contributed by atoms with Crippen molar-refractivity contribution in [2.75, 3.05) is 18.6 Å². The van der Waals surface area contributed by atoms with Crippen molar-refractivity contribution < 1.29 is 23.8 Å². The molecule has 1 heterocycles. The zero-order chi connectivity index (χ0) is 22.5. The molecule has 0 spiro atoms. The quantitative estimate of drug-likeness (QED) is 0.313. The Hall–Kier alpha value is -2.55. The number of anilines is 1. The van der Waals surface area contributed by atoms with E-state index in [2.05, 4.69) is 0 Å². The van der Waals surface area contributed by atoms with Gasteiger partial charge in [0.05, 0.1) is 23.8 Å². The highest BCUT2D eigenvalue weighted by atomic mass is 35.5. The number of ether oxygens (including phenoxy) is 3. The smallest absolute Gasteiger partial charge is 0.344 e. The zero-order valence-electron chi connectivity index (χ0n) is 17.1. The SMILES string of the molecule is COc1cc(/C=C2/SC(=S)N(c3ccc(Cl)cc3)C2=O)ccc1OCC(=O)OC(C)C. The van der Waals surface area contributed by atoms with Gasteiger partial charge in [0.25, 0.3) is 5.91 Å². The van der Waals surface area contributed by atoms with E-state index in [-0.39, 0.29) is 18.6 Å². The Morgan fingerprint density at radius 1 is 1.19 bits per heavy atom. The summed E-state index contributed by atoms with van der Waals surface area (Å²) in [6, 6.07) is 12.1. The van der Waals surface area contributed by atoms with Crippen molar-refractivity contribution in [3.8, 4) is 11.5 Å². The van der Waals surface area contributed by atoms with Crippen LogP contribution in [0, 0.1) is 0 Å². The Kier molecular flexibility index (Phi) is 7.59. The maximum Gasteiger partial charge on any atom is 0.344 e. The number of rotatable bonds is 7. The minimum absolute atomic E-state index is 0.215. The highest BCUT2D eigenvalue weighted by Gasteiger charge is 2.33. The van der Waals surface area contributed by atoms with E-state index < -0.39 is 5.97 Å². The molecule has 3 rings (SSSR count). The number of halogens is 1. The molecule has 0 bridgehead atoms. The van der Waals surface area contributed by atoms with Gasteiger partial charge in [0.2, 0.25) is 0 Å². The molecule has 0 atom stereocenters. The molecular weight excluding hydrogens is 458 g/mol. The third-order valence-electron chi connectivity index (χ3n) is 4.08. The average molecular weight is 478 g/mol. The van der Waals surface area contributed by atoms with Crippen LogP contribution in [0.1, 0.15) is 19.4 Å². The van der Waals surface area contributed by atoms with E-state index >= 15 is 0 Å². The molecule has 162 valence electrons. The number of carbonyl (C=O) groups is 2. The summed E-state index contributed by atoms with van der Waals surface area (Å²) in [5, 5.41) is 0.580. The lowest BCUT2D eigenvalue weighted by atomic mass is 10.2. The Morgan fingerprint density at radius 2 is 1.90 bits per heavy atom. The molecule has 2 aromatic carbocycles. The molecule has 0 saturated carbocycles. The maximum atomic E-state index is 12.9. The molecule has 6 nitrogen and oxygen atoms in total. The van der Waals surface area contributed by atoms with Gasteiger partial charge in [0.1, 0.15) is 0 Å². The molecule has 0 aliphatic carbocycles. The number of benzene rings is 2. The van der Waals surface area contributed by atoms with Crippen molar-refractivity contribution in [3.63, 3.8) is 0 Å². The van der Waals surface area contributed by atoms with Gasteiger partial charge in [0.15, 0.2) is 22.4 Å². The standard InChI is InChI=1S/C22H20ClNO5S2/c1-13(2)29-20(25)12-28-17-9-4-14(10-18(17)27-3)11-19-21(26)24(22(30)31-19)16-7-5-15(23)6-8-16/h4-11,13H,12H2,1-3H3/b19-11+. The highest BCUT2D eigenvalue weighted by Crippen LogP contribution is 2.37. The molecule has 1 fully saturated rings. The first kappa shape index (κ1) is 23.1. The number of nitrogens with zero attached hydrogens (tertiary/aromatic N) is 1. The van der Waals surface area contributed by atoms with Gasteiger partial charge in [0, 0.05) is 5.02 Å². The fourth-order valence-electron chi connectivity index (χ4n) is 2.76. The second-order valence-corrected chi connectivity index (χ2v) is 8.84. The van der Waals surface area contributed by atoms with Gasteiger partial charge in [-0.3, -0.25) is 9.69 Å². The van der Waals surface area contributed by atoms with Gasteiger partial charge in [-0.1, -0.05) is 41.6 Å². The molecule has 0 radical (unpaired) electrons. The number of thiocarbonyl (C=S) groups is 1. The third kappa shape index (κ3) is 5.78. The predicted molar refractivity (Wildman–Crippen MR) is 127 cm³/mol. The van der Waals surface area contributed by atoms with Gasteiger partial charge in [-0.2, -0.15) is 0 Å². The summed E-state index contributed by atoms with van der Waals surface area (Å²) in [5.74, 6) is 0.147. The second kappa shape index (κ2) is 10.2. The van der Waals surface area contributed by atoms with Gasteiger partial charge < -0.3 is 14.2 Å². The molecule has 31 heavy (non-hydrogen) atoms. The van der Waals surface area contributed by atoms with Crippen molar-refractivity contribution in [2.24, 2.45) is 0 Å². The van der Waals surface area contributed by atoms with Crippen LogP contribution in [0.4, 0.5) is 5.69 Å². The topological polar surface area (TPSA) is 65.1 Å². The molecule has 0 N–H and O–H groups in total. The van der Waals surface area contributed by atoms with Crippen molar-refractivity contribution in [2.45, 2.75) is 20.0 Å². The van der Waals surface area contributed by atoms with E-state index in [9.17, 15) is 9.59 Å². The summed E-state index contributed by atoms with van der Waals surface area (Å²) in [5.41, 5.74) is 1.38. The van der Waals surface area contributed by atoms with Gasteiger partial charge in [-0.15, -0.1) is 0 Å². The first-order valence-corrected chi connectivity index (χ1v) is 10.9. The van der Waals surface area contributed by atoms with Crippen LogP contribution in [0.3, 0.4) is 0 Å². The fraction of sp³-hybridized carbons (Fsp3) is 0.227. The first-order valence-electron chi connectivity index (χ1n) is 9.32. The van der Waals surface area contributed by atoms with Crippen LogP contribution < -0.4 is 14.4 Å². The van der Waals surface area contributed by atoms with Crippen LogP contribution in [0.25, 0.3) is 6.08 Å². The van der Waals surface area contributed by atoms with Crippen molar-refractivity contribution >= 4 is 63.5 Å². The number of esters is 1. The summed E-state index contributed by atoms with van der Waals surface area (Å²) >= 11 is 12.5. The Labute approximate surface area is 195 Å². The lowest BCUT2D eigenvalue weighted by Crippen LogP contribution is -2.27. The molecule has 0 aromatic heterocycles. The van der Waals surface area contributed by atoms with Crippen LogP contribution >= 0.6 is 35.6 Å². The maximum absolute atomic E-state index is 12.9. The molecule has 1 aliphatic rings. The lowest BCUT2D eigenvalue weighted by molar-refractivity contribution is -0.149. The number of carbonyl (C=O) groups excluding carboxylic acids is 2. The lowest BCUT2D eigenvalue weighted by Gasteiger charge is -2.14. The Bertz CT molecular complexity index is 1040. The molecule has 1 saturated heterocycles. The molecule has 9 heteroatoms. The minimum Gasteiger partial charge on any atom is -0.493 e. The van der Waals surface area contributed by atoms with Crippen molar-refractivity contribution in [3.05, 3.63) is 58.0 Å². The van der Waals surface area contributed by atoms with Crippen molar-refractivity contribution in [1.29, 1.82) is 0 Å². The molecule has 2 aromatic rings. The summed E-state index contributed by atoms with van der Waals surface area (Å²) in [4.78, 5) is 26.5. The van der Waals surface area contributed by atoms with Gasteiger partial charge in [-0.25, -0.2) is 4.79 Å². The largest absolute Gasteiger partial charge is 0.493 e. The monoisotopic (exact) mass is 477 g/mol.